The Morgan fingerprint density at radius 2 is 1.90 bits per heavy atom. The molecule has 29 heavy (non-hydrogen) atoms. The Bertz CT molecular complexity index is 716. The summed E-state index contributed by atoms with van der Waals surface area (Å²) in [5.74, 6) is 0.793. The van der Waals surface area contributed by atoms with E-state index in [1.165, 1.54) is 0 Å². The second-order valence-corrected chi connectivity index (χ2v) is 11.1. The van der Waals surface area contributed by atoms with Gasteiger partial charge in [0, 0.05) is 37.0 Å². The van der Waals surface area contributed by atoms with Crippen molar-refractivity contribution in [3.63, 3.8) is 0 Å². The first-order valence-corrected chi connectivity index (χ1v) is 11.5. The van der Waals surface area contributed by atoms with Crippen LogP contribution in [0.4, 0.5) is 0 Å². The Kier molecular flexibility index (Phi) is 5.20. The molecule has 0 aromatic heterocycles. The van der Waals surface area contributed by atoms with E-state index in [0.29, 0.717) is 37.9 Å². The highest BCUT2D eigenvalue weighted by Crippen LogP contribution is 2.67. The van der Waals surface area contributed by atoms with E-state index in [2.05, 4.69) is 20.8 Å². The molecule has 2 N–H and O–H groups in total. The fraction of sp³-hybridized carbons (Fsp3) is 0.875. The molecule has 0 radical (unpaired) electrons. The molecule has 9 atom stereocenters. The molecule has 1 unspecified atom stereocenters. The fourth-order valence-electron chi connectivity index (χ4n) is 8.21. The van der Waals surface area contributed by atoms with Crippen molar-refractivity contribution in [3.05, 3.63) is 0 Å². The summed E-state index contributed by atoms with van der Waals surface area (Å²) in [6.07, 6.45) is 5.38. The van der Waals surface area contributed by atoms with Gasteiger partial charge in [-0.2, -0.15) is 0 Å². The summed E-state index contributed by atoms with van der Waals surface area (Å²) in [4.78, 5) is 36.4. The zero-order valence-corrected chi connectivity index (χ0v) is 18.0. The van der Waals surface area contributed by atoms with Gasteiger partial charge in [-0.25, -0.2) is 0 Å². The maximum atomic E-state index is 13.3. The van der Waals surface area contributed by atoms with E-state index >= 15 is 0 Å². The van der Waals surface area contributed by atoms with Crippen LogP contribution in [0, 0.1) is 46.3 Å². The van der Waals surface area contributed by atoms with Crippen molar-refractivity contribution in [1.82, 2.24) is 0 Å². The molecule has 0 saturated heterocycles. The van der Waals surface area contributed by atoms with Crippen LogP contribution in [-0.4, -0.2) is 33.9 Å². The number of carboxylic acids is 1. The Morgan fingerprint density at radius 1 is 1.17 bits per heavy atom. The molecule has 5 nitrogen and oxygen atoms in total. The van der Waals surface area contributed by atoms with Crippen molar-refractivity contribution in [2.45, 2.75) is 84.7 Å². The molecular formula is C24H36O5. The smallest absolute Gasteiger partial charge is 0.303 e. The summed E-state index contributed by atoms with van der Waals surface area (Å²) < 4.78 is 0. The minimum atomic E-state index is -0.769. The first kappa shape index (κ1) is 21.0. The van der Waals surface area contributed by atoms with Gasteiger partial charge >= 0.3 is 5.97 Å². The summed E-state index contributed by atoms with van der Waals surface area (Å²) >= 11 is 0. The lowest BCUT2D eigenvalue weighted by atomic mass is 9.43. The van der Waals surface area contributed by atoms with Crippen molar-refractivity contribution >= 4 is 17.5 Å². The molecule has 0 spiro atoms. The lowest BCUT2D eigenvalue weighted by Crippen LogP contribution is -2.61. The summed E-state index contributed by atoms with van der Waals surface area (Å²) in [6, 6.07) is 0. The second kappa shape index (κ2) is 7.18. The largest absolute Gasteiger partial charge is 0.481 e. The standard InChI is InChI=1S/C24H36O5/c1-13(4-7-21(28)29)16-5-6-17-22-18(12-20(27)24(16,17)3)23(2)9-8-15(25)10-14(23)11-19(22)26/h13-14,16-18,20,22,27H,4-12H2,1-3H3,(H,28,29)/t13-,14?,16-,17+,18+,20+,22+,23+,24-/m1/s1. The molecule has 0 heterocycles. The van der Waals surface area contributed by atoms with Gasteiger partial charge in [0.25, 0.3) is 0 Å². The van der Waals surface area contributed by atoms with Crippen molar-refractivity contribution in [2.75, 3.05) is 0 Å². The Labute approximate surface area is 173 Å². The molecular weight excluding hydrogens is 368 g/mol. The molecule has 5 heteroatoms. The number of carbonyl (C=O) groups is 3. The lowest BCUT2D eigenvalue weighted by molar-refractivity contribution is -0.178. The van der Waals surface area contributed by atoms with E-state index in [1.54, 1.807) is 0 Å². The molecule has 4 rings (SSSR count). The van der Waals surface area contributed by atoms with Crippen molar-refractivity contribution in [2.24, 2.45) is 46.3 Å². The van der Waals surface area contributed by atoms with Crippen molar-refractivity contribution in [3.8, 4) is 0 Å². The number of hydrogen-bond donors (Lipinski definition) is 2. The van der Waals surface area contributed by atoms with Crippen LogP contribution in [0.15, 0.2) is 0 Å². The van der Waals surface area contributed by atoms with Crippen LogP contribution in [0.1, 0.15) is 78.6 Å². The third-order valence-corrected chi connectivity index (χ3v) is 9.96. The number of ketones is 2. The number of carboxylic acid groups (broad SMARTS) is 1. The molecule has 4 aliphatic rings. The average molecular weight is 405 g/mol. The van der Waals surface area contributed by atoms with Gasteiger partial charge in [-0.1, -0.05) is 20.8 Å². The Balaban J connectivity index is 1.62. The first-order chi connectivity index (χ1) is 13.6. The van der Waals surface area contributed by atoms with Crippen LogP contribution in [0.25, 0.3) is 0 Å². The van der Waals surface area contributed by atoms with Gasteiger partial charge < -0.3 is 10.2 Å². The van der Waals surface area contributed by atoms with Crippen molar-refractivity contribution in [1.29, 1.82) is 0 Å². The van der Waals surface area contributed by atoms with E-state index in [4.69, 9.17) is 5.11 Å². The number of aliphatic hydroxyl groups excluding tert-OH is 1. The van der Waals surface area contributed by atoms with E-state index in [-0.39, 0.29) is 58.5 Å². The van der Waals surface area contributed by atoms with E-state index in [1.807, 2.05) is 0 Å². The SMILES string of the molecule is C[C@H](CCC(=O)O)[C@H]1CC[C@H]2[C@@H]3C(=O)CC4CC(=O)CC[C@]4(C)[C@H]3C[C@H](O)[C@]12C. The topological polar surface area (TPSA) is 91.7 Å². The highest BCUT2D eigenvalue weighted by Gasteiger charge is 2.65. The number of aliphatic hydroxyl groups is 1. The third kappa shape index (κ3) is 3.10. The maximum absolute atomic E-state index is 13.3. The number of fused-ring (bicyclic) bond motifs is 5. The van der Waals surface area contributed by atoms with Gasteiger partial charge in [-0.15, -0.1) is 0 Å². The quantitative estimate of drug-likeness (QED) is 0.742. The van der Waals surface area contributed by atoms with Crippen LogP contribution >= 0.6 is 0 Å². The Hall–Kier alpha value is -1.23. The zero-order valence-electron chi connectivity index (χ0n) is 18.0. The van der Waals surface area contributed by atoms with Gasteiger partial charge in [0.15, 0.2) is 0 Å². The van der Waals surface area contributed by atoms with Gasteiger partial charge in [-0.05, 0) is 67.1 Å². The molecule has 0 amide bonds. The molecule has 0 bridgehead atoms. The van der Waals surface area contributed by atoms with E-state index in [0.717, 1.165) is 19.3 Å². The fourth-order valence-corrected chi connectivity index (χ4v) is 8.21. The lowest BCUT2D eigenvalue weighted by Gasteiger charge is -2.61. The first-order valence-electron chi connectivity index (χ1n) is 11.5. The number of rotatable bonds is 4. The monoisotopic (exact) mass is 404 g/mol. The second-order valence-electron chi connectivity index (χ2n) is 11.1. The van der Waals surface area contributed by atoms with Crippen LogP contribution in [-0.2, 0) is 14.4 Å². The van der Waals surface area contributed by atoms with Gasteiger partial charge in [0.1, 0.15) is 11.6 Å². The van der Waals surface area contributed by atoms with Crippen LogP contribution in [0.5, 0.6) is 0 Å². The number of hydrogen-bond acceptors (Lipinski definition) is 4. The summed E-state index contributed by atoms with van der Waals surface area (Å²) in [5.41, 5.74) is -0.343. The number of Topliss-reactive ketones (excluding diaryl/α,β-unsaturated/α-hetero) is 2. The molecule has 4 fully saturated rings. The molecule has 0 aromatic carbocycles. The summed E-state index contributed by atoms with van der Waals surface area (Å²) in [5, 5.41) is 20.5. The molecule has 4 aliphatic carbocycles. The van der Waals surface area contributed by atoms with Crippen LogP contribution in [0.2, 0.25) is 0 Å². The van der Waals surface area contributed by atoms with Crippen LogP contribution < -0.4 is 0 Å². The predicted molar refractivity (Wildman–Crippen MR) is 108 cm³/mol. The third-order valence-electron chi connectivity index (χ3n) is 9.96. The minimum absolute atomic E-state index is 0.00507. The zero-order chi connectivity index (χ0) is 21.1. The maximum Gasteiger partial charge on any atom is 0.303 e. The highest BCUT2D eigenvalue weighted by molar-refractivity contribution is 5.86. The minimum Gasteiger partial charge on any atom is -0.481 e. The highest BCUT2D eigenvalue weighted by atomic mass is 16.4. The van der Waals surface area contributed by atoms with Crippen molar-refractivity contribution < 1.29 is 24.6 Å². The van der Waals surface area contributed by atoms with Crippen LogP contribution in [0.3, 0.4) is 0 Å². The molecule has 4 saturated carbocycles. The number of aliphatic carboxylic acids is 1. The van der Waals surface area contributed by atoms with Gasteiger partial charge in [-0.3, -0.25) is 14.4 Å². The summed E-state index contributed by atoms with van der Waals surface area (Å²) in [6.45, 7) is 6.55. The molecule has 0 aromatic rings. The van der Waals surface area contributed by atoms with E-state index < -0.39 is 12.1 Å². The Morgan fingerprint density at radius 3 is 2.59 bits per heavy atom. The summed E-state index contributed by atoms with van der Waals surface area (Å²) in [7, 11) is 0. The molecule has 162 valence electrons. The predicted octanol–water partition coefficient (Wildman–Crippen LogP) is 3.87. The normalized spacial score (nSPS) is 47.9. The van der Waals surface area contributed by atoms with E-state index in [9.17, 15) is 19.5 Å². The van der Waals surface area contributed by atoms with Gasteiger partial charge in [0.2, 0.25) is 0 Å². The average Bonchev–Trinajstić information content (AvgIpc) is 3.01. The molecule has 0 aliphatic heterocycles. The van der Waals surface area contributed by atoms with Gasteiger partial charge in [0.05, 0.1) is 6.10 Å². The number of carbonyl (C=O) groups excluding carboxylic acids is 2.